The van der Waals surface area contributed by atoms with Crippen LogP contribution >= 0.6 is 0 Å². The first-order valence-electron chi connectivity index (χ1n) is 6.99. The highest BCUT2D eigenvalue weighted by Gasteiger charge is 2.31. The summed E-state index contributed by atoms with van der Waals surface area (Å²) >= 11 is 0. The quantitative estimate of drug-likeness (QED) is 0.648. The maximum absolute atomic E-state index is 12.4. The minimum atomic E-state index is -4.27. The van der Waals surface area contributed by atoms with Crippen LogP contribution in [0.3, 0.4) is 0 Å². The number of aromatic nitrogens is 4. The average molecular weight is 363 g/mol. The monoisotopic (exact) mass is 363 g/mol. The Bertz CT molecular complexity index is 996. The summed E-state index contributed by atoms with van der Waals surface area (Å²) in [4.78, 5) is 15.3. The first kappa shape index (κ1) is 16.8. The number of hydrogen-bond acceptors (Lipinski definition) is 7. The fourth-order valence-electron chi connectivity index (χ4n) is 2.05. The Morgan fingerprint density at radius 1 is 1.32 bits per heavy atom. The maximum atomic E-state index is 12.4. The van der Waals surface area contributed by atoms with Crippen molar-refractivity contribution < 1.29 is 22.7 Å². The molecule has 3 rings (SSSR count). The molecule has 1 aromatic carbocycles. The molecule has 25 heavy (non-hydrogen) atoms. The predicted octanol–water partition coefficient (Wildman–Crippen LogP) is 0.574. The van der Waals surface area contributed by atoms with Crippen LogP contribution in [-0.2, 0) is 21.9 Å². The van der Waals surface area contributed by atoms with E-state index in [4.69, 9.17) is 4.42 Å². The van der Waals surface area contributed by atoms with E-state index in [2.05, 4.69) is 15.3 Å². The second-order valence-electron chi connectivity index (χ2n) is 5.06. The molecule has 0 aliphatic heterocycles. The first-order chi connectivity index (χ1) is 11.9. The largest absolute Gasteiger partial charge is 0.480 e. The number of nitrogens with zero attached hydrogens (tertiary/aromatic N) is 4. The zero-order valence-corrected chi connectivity index (χ0v) is 13.7. The lowest BCUT2D eigenvalue weighted by Crippen LogP contribution is -2.33. The smallest absolute Gasteiger partial charge is 0.328 e. The number of carboxylic acid groups (broad SMARTS) is 1. The van der Waals surface area contributed by atoms with Gasteiger partial charge >= 0.3 is 5.97 Å². The second-order valence-corrected chi connectivity index (χ2v) is 6.71. The van der Waals surface area contributed by atoms with Gasteiger partial charge in [0, 0.05) is 12.6 Å². The van der Waals surface area contributed by atoms with Crippen LogP contribution in [-0.4, -0.2) is 39.5 Å². The lowest BCUT2D eigenvalue weighted by Gasteiger charge is -2.10. The summed E-state index contributed by atoms with van der Waals surface area (Å²) in [6, 6.07) is 7.10. The Morgan fingerprint density at radius 2 is 2.04 bits per heavy atom. The number of nitrogens with one attached hydrogen (secondary N) is 1. The van der Waals surface area contributed by atoms with Crippen molar-refractivity contribution in [3.63, 3.8) is 0 Å². The molecule has 2 heterocycles. The fraction of sp³-hybridized carbons (Fsp3) is 0.143. The van der Waals surface area contributed by atoms with E-state index < -0.39 is 27.1 Å². The molecule has 0 bridgehead atoms. The van der Waals surface area contributed by atoms with Crippen molar-refractivity contribution in [3.8, 4) is 11.5 Å². The SMILES string of the molecule is Cn1cc(C(NS(=O)(=O)c2cnc(-c3ccccc3)o2)C(=O)O)nn1. The maximum Gasteiger partial charge on any atom is 0.328 e. The number of rotatable bonds is 6. The molecule has 11 heteroatoms. The normalized spacial score (nSPS) is 12.8. The van der Waals surface area contributed by atoms with Crippen molar-refractivity contribution in [2.45, 2.75) is 11.1 Å². The van der Waals surface area contributed by atoms with E-state index in [1.54, 1.807) is 30.3 Å². The third kappa shape index (κ3) is 3.56. The highest BCUT2D eigenvalue weighted by Crippen LogP contribution is 2.22. The molecule has 0 spiro atoms. The highest BCUT2D eigenvalue weighted by atomic mass is 32.2. The van der Waals surface area contributed by atoms with Gasteiger partial charge in [-0.3, -0.25) is 9.48 Å². The molecule has 1 unspecified atom stereocenters. The molecule has 10 nitrogen and oxygen atoms in total. The summed E-state index contributed by atoms with van der Waals surface area (Å²) in [6.45, 7) is 0. The van der Waals surface area contributed by atoms with E-state index in [0.717, 1.165) is 6.20 Å². The van der Waals surface area contributed by atoms with Crippen LogP contribution < -0.4 is 4.72 Å². The number of hydrogen-bond donors (Lipinski definition) is 2. The van der Waals surface area contributed by atoms with Crippen LogP contribution in [0.4, 0.5) is 0 Å². The van der Waals surface area contributed by atoms with Gasteiger partial charge in [0.25, 0.3) is 15.1 Å². The number of carbonyl (C=O) groups is 1. The molecule has 3 aromatic rings. The number of aryl methyl sites for hydroxylation is 1. The number of aliphatic carboxylic acids is 1. The summed E-state index contributed by atoms with van der Waals surface area (Å²) < 4.78 is 33.4. The number of oxazole rings is 1. The molecule has 0 radical (unpaired) electrons. The van der Waals surface area contributed by atoms with Crippen molar-refractivity contribution in [1.82, 2.24) is 24.7 Å². The molecule has 0 fully saturated rings. The lowest BCUT2D eigenvalue weighted by molar-refractivity contribution is -0.139. The van der Waals surface area contributed by atoms with E-state index in [-0.39, 0.29) is 11.6 Å². The summed E-state index contributed by atoms with van der Waals surface area (Å²) in [5.41, 5.74) is 0.536. The van der Waals surface area contributed by atoms with Crippen molar-refractivity contribution >= 4 is 16.0 Å². The topological polar surface area (TPSA) is 140 Å². The molecule has 0 aliphatic carbocycles. The molecule has 0 saturated heterocycles. The summed E-state index contributed by atoms with van der Waals surface area (Å²) in [6.07, 6.45) is 2.32. The van der Waals surface area contributed by atoms with Gasteiger partial charge in [-0.15, -0.1) is 5.10 Å². The molecular formula is C14H13N5O5S. The van der Waals surface area contributed by atoms with Crippen molar-refractivity contribution in [3.05, 3.63) is 48.4 Å². The Kier molecular flexibility index (Phi) is 4.33. The molecule has 1 atom stereocenters. The second kappa shape index (κ2) is 6.45. The summed E-state index contributed by atoms with van der Waals surface area (Å²) in [5, 5.41) is 16.0. The zero-order valence-electron chi connectivity index (χ0n) is 12.9. The summed E-state index contributed by atoms with van der Waals surface area (Å²) in [7, 11) is -2.73. The van der Waals surface area contributed by atoms with Crippen molar-refractivity contribution in [1.29, 1.82) is 0 Å². The van der Waals surface area contributed by atoms with Gasteiger partial charge in [0.05, 0.1) is 12.4 Å². The molecule has 130 valence electrons. The molecule has 0 amide bonds. The minimum Gasteiger partial charge on any atom is -0.480 e. The van der Waals surface area contributed by atoms with Gasteiger partial charge in [-0.1, -0.05) is 23.4 Å². The summed E-state index contributed by atoms with van der Waals surface area (Å²) in [5.74, 6) is -1.32. The minimum absolute atomic E-state index is 0.0543. The van der Waals surface area contributed by atoms with Gasteiger partial charge in [0.1, 0.15) is 5.69 Å². The molecular weight excluding hydrogens is 350 g/mol. The predicted molar refractivity (Wildman–Crippen MR) is 83.6 cm³/mol. The van der Waals surface area contributed by atoms with Gasteiger partial charge in [-0.2, -0.15) is 4.72 Å². The van der Waals surface area contributed by atoms with E-state index in [1.165, 1.54) is 17.9 Å². The van der Waals surface area contributed by atoms with Gasteiger partial charge in [-0.25, -0.2) is 13.4 Å². The van der Waals surface area contributed by atoms with Crippen LogP contribution in [0.5, 0.6) is 0 Å². The van der Waals surface area contributed by atoms with Crippen molar-refractivity contribution in [2.75, 3.05) is 0 Å². The van der Waals surface area contributed by atoms with Gasteiger partial charge < -0.3 is 9.52 Å². The van der Waals surface area contributed by atoms with Gasteiger partial charge in [0.2, 0.25) is 5.89 Å². The van der Waals surface area contributed by atoms with E-state index in [1.807, 2.05) is 4.72 Å². The van der Waals surface area contributed by atoms with Crippen LogP contribution in [0, 0.1) is 0 Å². The first-order valence-corrected chi connectivity index (χ1v) is 8.48. The molecule has 2 aromatic heterocycles. The van der Waals surface area contributed by atoms with E-state index in [0.29, 0.717) is 5.56 Å². The molecule has 0 aliphatic rings. The van der Waals surface area contributed by atoms with Gasteiger partial charge in [0.15, 0.2) is 6.04 Å². The van der Waals surface area contributed by atoms with E-state index >= 15 is 0 Å². The van der Waals surface area contributed by atoms with Crippen LogP contribution in [0.15, 0.2) is 52.2 Å². The molecule has 2 N–H and O–H groups in total. The Hall–Kier alpha value is -3.05. The van der Waals surface area contributed by atoms with Crippen LogP contribution in [0.1, 0.15) is 11.7 Å². The number of carboxylic acids is 1. The number of benzene rings is 1. The third-order valence-electron chi connectivity index (χ3n) is 3.21. The van der Waals surface area contributed by atoms with Crippen LogP contribution in [0.2, 0.25) is 0 Å². The Morgan fingerprint density at radius 3 is 2.64 bits per heavy atom. The van der Waals surface area contributed by atoms with Crippen molar-refractivity contribution in [2.24, 2.45) is 7.05 Å². The number of sulfonamides is 1. The Labute approximate surface area is 142 Å². The average Bonchev–Trinajstić information content (AvgIpc) is 3.23. The van der Waals surface area contributed by atoms with Crippen LogP contribution in [0.25, 0.3) is 11.5 Å². The lowest BCUT2D eigenvalue weighted by atomic mass is 10.2. The van der Waals surface area contributed by atoms with E-state index in [9.17, 15) is 18.3 Å². The third-order valence-corrected chi connectivity index (χ3v) is 4.47. The Balaban J connectivity index is 1.88. The molecule has 0 saturated carbocycles. The van der Waals surface area contributed by atoms with Gasteiger partial charge in [-0.05, 0) is 12.1 Å². The standard InChI is InChI=1S/C14H13N5O5S/c1-19-8-10(16-18-19)12(14(20)21)17-25(22,23)11-7-15-13(24-11)9-5-3-2-4-6-9/h2-8,12,17H,1H3,(H,20,21). The fourth-order valence-corrected chi connectivity index (χ4v) is 3.07. The zero-order chi connectivity index (χ0) is 18.0. The highest BCUT2D eigenvalue weighted by molar-refractivity contribution is 7.89.